The highest BCUT2D eigenvalue weighted by Crippen LogP contribution is 2.40. The largest absolute Gasteiger partial charge is 0.371 e. The van der Waals surface area contributed by atoms with Crippen LogP contribution in [0, 0.1) is 5.41 Å². The van der Waals surface area contributed by atoms with Gasteiger partial charge in [0.2, 0.25) is 0 Å². The summed E-state index contributed by atoms with van der Waals surface area (Å²) in [6.45, 7) is 4.18. The molecule has 1 aromatic rings. The third kappa shape index (κ3) is 3.03. The molecule has 2 aliphatic rings. The molecule has 2 unspecified atom stereocenters. The third-order valence-corrected chi connectivity index (χ3v) is 5.15. The summed E-state index contributed by atoms with van der Waals surface area (Å²) in [6.07, 6.45) is 6.79. The van der Waals surface area contributed by atoms with Gasteiger partial charge in [0.1, 0.15) is 0 Å². The average Bonchev–Trinajstić information content (AvgIpc) is 2.61. The lowest BCUT2D eigenvalue weighted by atomic mass is 9.74. The van der Waals surface area contributed by atoms with E-state index in [2.05, 4.69) is 18.3 Å². The van der Waals surface area contributed by atoms with Gasteiger partial charge in [-0.1, -0.05) is 43.0 Å². The number of hydrogen-bond donors (Lipinski definition) is 1. The Balaban J connectivity index is 1.77. The lowest BCUT2D eigenvalue weighted by Gasteiger charge is -2.35. The number of hydrogen-bond acceptors (Lipinski definition) is 2. The van der Waals surface area contributed by atoms with E-state index < -0.39 is 0 Å². The highest BCUT2D eigenvalue weighted by atomic mass is 35.5. The standard InChI is InChI=1S/C17H24ClNO/c1-13-16(14-6-5-7-15(18)10-14)20-12-17(11-19-13)8-3-2-4-9-17/h5-7,10,13,16,19H,2-4,8-9,11-12H2,1H3. The fraction of sp³-hybridized carbons (Fsp3) is 0.647. The molecule has 0 amide bonds. The highest BCUT2D eigenvalue weighted by Gasteiger charge is 2.37. The second-order valence-electron chi connectivity index (χ2n) is 6.52. The van der Waals surface area contributed by atoms with Crippen molar-refractivity contribution in [2.75, 3.05) is 13.2 Å². The van der Waals surface area contributed by atoms with Gasteiger partial charge >= 0.3 is 0 Å². The lowest BCUT2D eigenvalue weighted by Crippen LogP contribution is -2.39. The Bertz CT molecular complexity index is 456. The maximum atomic E-state index is 6.33. The Kier molecular flexibility index (Phi) is 4.34. The lowest BCUT2D eigenvalue weighted by molar-refractivity contribution is -0.0104. The molecule has 1 heterocycles. The molecule has 1 aliphatic carbocycles. The molecule has 2 atom stereocenters. The Morgan fingerprint density at radius 2 is 2.05 bits per heavy atom. The first-order valence-electron chi connectivity index (χ1n) is 7.79. The van der Waals surface area contributed by atoms with Crippen LogP contribution in [0.2, 0.25) is 5.02 Å². The first kappa shape index (κ1) is 14.4. The van der Waals surface area contributed by atoms with Gasteiger partial charge in [0.15, 0.2) is 0 Å². The third-order valence-electron chi connectivity index (χ3n) is 4.91. The minimum absolute atomic E-state index is 0.106. The van der Waals surface area contributed by atoms with Gasteiger partial charge in [0, 0.05) is 23.0 Å². The Morgan fingerprint density at radius 1 is 1.25 bits per heavy atom. The van der Waals surface area contributed by atoms with E-state index in [1.807, 2.05) is 18.2 Å². The van der Waals surface area contributed by atoms with Crippen LogP contribution < -0.4 is 5.32 Å². The van der Waals surface area contributed by atoms with Gasteiger partial charge in [0.25, 0.3) is 0 Å². The van der Waals surface area contributed by atoms with Crippen LogP contribution in [-0.4, -0.2) is 19.2 Å². The maximum Gasteiger partial charge on any atom is 0.0975 e. The van der Waals surface area contributed by atoms with Crippen molar-refractivity contribution >= 4 is 11.6 Å². The first-order chi connectivity index (χ1) is 9.69. The smallest absolute Gasteiger partial charge is 0.0975 e. The van der Waals surface area contributed by atoms with Crippen LogP contribution in [-0.2, 0) is 4.74 Å². The molecule has 1 aromatic carbocycles. The van der Waals surface area contributed by atoms with Crippen LogP contribution in [0.1, 0.15) is 50.7 Å². The number of nitrogens with one attached hydrogen (secondary N) is 1. The Morgan fingerprint density at radius 3 is 2.80 bits per heavy atom. The molecule has 3 rings (SSSR count). The minimum atomic E-state index is 0.106. The van der Waals surface area contributed by atoms with Crippen LogP contribution in [0.15, 0.2) is 24.3 Å². The Hall–Kier alpha value is -0.570. The van der Waals surface area contributed by atoms with Crippen molar-refractivity contribution in [3.63, 3.8) is 0 Å². The Labute approximate surface area is 126 Å². The molecule has 0 aromatic heterocycles. The van der Waals surface area contributed by atoms with Crippen molar-refractivity contribution in [2.24, 2.45) is 5.41 Å². The fourth-order valence-electron chi connectivity index (χ4n) is 3.64. The molecule has 0 bridgehead atoms. The molecule has 1 N–H and O–H groups in total. The van der Waals surface area contributed by atoms with Gasteiger partial charge < -0.3 is 10.1 Å². The second-order valence-corrected chi connectivity index (χ2v) is 6.95. The van der Waals surface area contributed by atoms with Gasteiger partial charge in [-0.25, -0.2) is 0 Å². The van der Waals surface area contributed by atoms with Gasteiger partial charge in [-0.15, -0.1) is 0 Å². The summed E-state index contributed by atoms with van der Waals surface area (Å²) in [7, 11) is 0. The number of halogens is 1. The molecule has 0 radical (unpaired) electrons. The minimum Gasteiger partial charge on any atom is -0.371 e. The van der Waals surface area contributed by atoms with Gasteiger partial charge in [-0.05, 0) is 37.5 Å². The van der Waals surface area contributed by atoms with E-state index in [0.717, 1.165) is 18.2 Å². The van der Waals surface area contributed by atoms with Crippen molar-refractivity contribution in [1.29, 1.82) is 0 Å². The molecule has 110 valence electrons. The zero-order chi connectivity index (χ0) is 14.0. The predicted molar refractivity (Wildman–Crippen MR) is 83.1 cm³/mol. The molecule has 2 fully saturated rings. The average molecular weight is 294 g/mol. The highest BCUT2D eigenvalue weighted by molar-refractivity contribution is 6.30. The summed E-state index contributed by atoms with van der Waals surface area (Å²) in [6, 6.07) is 8.41. The molecule has 1 aliphatic heterocycles. The van der Waals surface area contributed by atoms with Crippen LogP contribution in [0.4, 0.5) is 0 Å². The summed E-state index contributed by atoms with van der Waals surface area (Å²) < 4.78 is 6.33. The van der Waals surface area contributed by atoms with Crippen molar-refractivity contribution < 1.29 is 4.74 Å². The van der Waals surface area contributed by atoms with Gasteiger partial charge in [-0.3, -0.25) is 0 Å². The van der Waals surface area contributed by atoms with Crippen molar-refractivity contribution in [3.05, 3.63) is 34.9 Å². The normalized spacial score (nSPS) is 30.1. The van der Waals surface area contributed by atoms with Gasteiger partial charge in [0.05, 0.1) is 12.7 Å². The van der Waals surface area contributed by atoms with Crippen molar-refractivity contribution in [2.45, 2.75) is 51.2 Å². The number of benzene rings is 1. The molecule has 20 heavy (non-hydrogen) atoms. The van der Waals surface area contributed by atoms with Crippen LogP contribution in [0.5, 0.6) is 0 Å². The number of rotatable bonds is 1. The van der Waals surface area contributed by atoms with E-state index in [1.165, 1.54) is 37.7 Å². The van der Waals surface area contributed by atoms with Crippen molar-refractivity contribution in [1.82, 2.24) is 5.32 Å². The fourth-order valence-corrected chi connectivity index (χ4v) is 3.84. The molecule has 3 heteroatoms. The first-order valence-corrected chi connectivity index (χ1v) is 8.17. The molecule has 1 saturated carbocycles. The summed E-state index contributed by atoms with van der Waals surface area (Å²) >= 11 is 6.12. The van der Waals surface area contributed by atoms with Crippen LogP contribution in [0.3, 0.4) is 0 Å². The van der Waals surface area contributed by atoms with Gasteiger partial charge in [-0.2, -0.15) is 0 Å². The van der Waals surface area contributed by atoms with Crippen LogP contribution in [0.25, 0.3) is 0 Å². The molecular formula is C17H24ClNO. The van der Waals surface area contributed by atoms with E-state index in [0.29, 0.717) is 11.5 Å². The zero-order valence-corrected chi connectivity index (χ0v) is 13.0. The van der Waals surface area contributed by atoms with E-state index >= 15 is 0 Å². The second kappa shape index (κ2) is 6.05. The van der Waals surface area contributed by atoms with E-state index in [9.17, 15) is 0 Å². The summed E-state index contributed by atoms with van der Waals surface area (Å²) in [4.78, 5) is 0. The number of ether oxygens (including phenoxy) is 1. The monoisotopic (exact) mass is 293 g/mol. The summed E-state index contributed by atoms with van der Waals surface area (Å²) in [5.41, 5.74) is 1.55. The zero-order valence-electron chi connectivity index (χ0n) is 12.2. The quantitative estimate of drug-likeness (QED) is 0.831. The summed E-state index contributed by atoms with van der Waals surface area (Å²) in [5.74, 6) is 0. The summed E-state index contributed by atoms with van der Waals surface area (Å²) in [5, 5.41) is 4.49. The maximum absolute atomic E-state index is 6.33. The van der Waals surface area contributed by atoms with E-state index in [-0.39, 0.29) is 6.10 Å². The molecule has 1 spiro atoms. The topological polar surface area (TPSA) is 21.3 Å². The molecule has 1 saturated heterocycles. The SMILES string of the molecule is CC1NCC2(CCCCC2)COC1c1cccc(Cl)c1. The molecular weight excluding hydrogens is 270 g/mol. The predicted octanol–water partition coefficient (Wildman–Crippen LogP) is 4.34. The van der Waals surface area contributed by atoms with Crippen molar-refractivity contribution in [3.8, 4) is 0 Å². The van der Waals surface area contributed by atoms with E-state index in [4.69, 9.17) is 16.3 Å². The molecule has 2 nitrogen and oxygen atoms in total. The van der Waals surface area contributed by atoms with Crippen LogP contribution >= 0.6 is 11.6 Å². The van der Waals surface area contributed by atoms with E-state index in [1.54, 1.807) is 0 Å².